The maximum atomic E-state index is 12.4. The quantitative estimate of drug-likeness (QED) is 0.530. The van der Waals surface area contributed by atoms with Crippen molar-refractivity contribution in [2.24, 2.45) is 5.92 Å². The highest BCUT2D eigenvalue weighted by atomic mass is 32.2. The highest BCUT2D eigenvalue weighted by Gasteiger charge is 2.29. The van der Waals surface area contributed by atoms with Crippen LogP contribution in [0.5, 0.6) is 5.75 Å². The minimum atomic E-state index is -0.157. The Balaban J connectivity index is 1.57. The highest BCUT2D eigenvalue weighted by Crippen LogP contribution is 2.39. The van der Waals surface area contributed by atoms with Crippen LogP contribution in [0, 0.1) is 12.8 Å². The Hall–Kier alpha value is -2.81. The predicted molar refractivity (Wildman–Crippen MR) is 119 cm³/mol. The average molecular weight is 442 g/mol. The van der Waals surface area contributed by atoms with Gasteiger partial charge in [0.2, 0.25) is 5.91 Å². The summed E-state index contributed by atoms with van der Waals surface area (Å²) >= 11 is 1.39. The summed E-state index contributed by atoms with van der Waals surface area (Å²) in [6.07, 6.45) is 4.70. The lowest BCUT2D eigenvalue weighted by Gasteiger charge is -2.31. The molecule has 8 nitrogen and oxygen atoms in total. The topological polar surface area (TPSA) is 95.1 Å². The number of hydrogen-bond donors (Lipinski definition) is 1. The van der Waals surface area contributed by atoms with Crippen molar-refractivity contribution in [3.8, 4) is 17.1 Å². The van der Waals surface area contributed by atoms with Gasteiger partial charge < -0.3 is 14.6 Å². The van der Waals surface area contributed by atoms with Gasteiger partial charge in [-0.25, -0.2) is 0 Å². The number of amides is 1. The largest absolute Gasteiger partial charge is 0.497 e. The zero-order valence-electron chi connectivity index (χ0n) is 18.0. The minimum Gasteiger partial charge on any atom is -0.497 e. The van der Waals surface area contributed by atoms with Gasteiger partial charge in [0.05, 0.1) is 12.9 Å². The number of methoxy groups -OCH3 is 1. The molecule has 1 saturated carbocycles. The van der Waals surface area contributed by atoms with Crippen molar-refractivity contribution in [1.29, 1.82) is 0 Å². The highest BCUT2D eigenvalue weighted by molar-refractivity contribution is 7.99. The van der Waals surface area contributed by atoms with Crippen LogP contribution in [0.3, 0.4) is 0 Å². The van der Waals surface area contributed by atoms with Crippen molar-refractivity contribution < 1.29 is 14.1 Å². The predicted octanol–water partition coefficient (Wildman–Crippen LogP) is 4.73. The summed E-state index contributed by atoms with van der Waals surface area (Å²) in [5.41, 5.74) is 0.987. The fourth-order valence-electron chi connectivity index (χ4n) is 4.03. The first kappa shape index (κ1) is 21.4. The molecule has 2 atom stereocenters. The Kier molecular flexibility index (Phi) is 6.60. The molecule has 2 heterocycles. The molecular weight excluding hydrogens is 414 g/mol. The molecule has 0 aliphatic heterocycles. The molecular formula is C22H27N5O3S. The van der Waals surface area contributed by atoms with Crippen LogP contribution in [0.4, 0.5) is 5.82 Å². The lowest BCUT2D eigenvalue weighted by atomic mass is 9.85. The molecule has 1 aromatic carbocycles. The van der Waals surface area contributed by atoms with Crippen molar-refractivity contribution in [2.75, 3.05) is 18.2 Å². The third kappa shape index (κ3) is 4.92. The number of carbonyl (C=O) groups excluding carboxylic acids is 1. The molecule has 0 saturated heterocycles. The van der Waals surface area contributed by atoms with E-state index in [9.17, 15) is 4.79 Å². The Morgan fingerprint density at radius 1 is 1.26 bits per heavy atom. The van der Waals surface area contributed by atoms with Crippen molar-refractivity contribution in [3.63, 3.8) is 0 Å². The smallest absolute Gasteiger partial charge is 0.236 e. The number of ether oxygens (including phenoxy) is 1. The normalized spacial score (nSPS) is 18.7. The zero-order chi connectivity index (χ0) is 21.8. The fourth-order valence-corrected chi connectivity index (χ4v) is 4.82. The number of hydrogen-bond acceptors (Lipinski definition) is 7. The summed E-state index contributed by atoms with van der Waals surface area (Å²) in [4.78, 5) is 12.4. The van der Waals surface area contributed by atoms with Gasteiger partial charge >= 0.3 is 0 Å². The van der Waals surface area contributed by atoms with Gasteiger partial charge in [-0.2, -0.15) is 0 Å². The second-order valence-electron chi connectivity index (χ2n) is 7.89. The number of aromatic nitrogens is 4. The molecule has 0 spiro atoms. The van der Waals surface area contributed by atoms with Gasteiger partial charge in [-0.05, 0) is 49.9 Å². The second kappa shape index (κ2) is 9.55. The minimum absolute atomic E-state index is 0.157. The number of aryl methyl sites for hydroxylation is 1. The molecule has 1 aliphatic carbocycles. The molecule has 1 aliphatic rings. The Bertz CT molecular complexity index is 1030. The molecule has 0 radical (unpaired) electrons. The number of carbonyl (C=O) groups is 1. The van der Waals surface area contributed by atoms with E-state index in [-0.39, 0.29) is 11.7 Å². The van der Waals surface area contributed by atoms with E-state index < -0.39 is 0 Å². The first-order valence-electron chi connectivity index (χ1n) is 10.5. The molecule has 3 aromatic rings. The lowest BCUT2D eigenvalue weighted by Crippen LogP contribution is -2.23. The van der Waals surface area contributed by atoms with E-state index >= 15 is 0 Å². The molecule has 31 heavy (non-hydrogen) atoms. The average Bonchev–Trinajstić information content (AvgIpc) is 3.38. The van der Waals surface area contributed by atoms with Crippen LogP contribution >= 0.6 is 11.8 Å². The van der Waals surface area contributed by atoms with Gasteiger partial charge in [0.1, 0.15) is 11.5 Å². The second-order valence-corrected chi connectivity index (χ2v) is 8.84. The number of benzene rings is 1. The zero-order valence-corrected chi connectivity index (χ0v) is 18.8. The fraction of sp³-hybridized carbons (Fsp3) is 0.455. The van der Waals surface area contributed by atoms with E-state index in [4.69, 9.17) is 9.26 Å². The molecule has 0 unspecified atom stereocenters. The molecule has 164 valence electrons. The number of nitrogens with zero attached hydrogens (tertiary/aromatic N) is 4. The Morgan fingerprint density at radius 3 is 2.71 bits per heavy atom. The number of rotatable bonds is 7. The van der Waals surface area contributed by atoms with Gasteiger partial charge in [-0.3, -0.25) is 9.36 Å². The maximum Gasteiger partial charge on any atom is 0.236 e. The van der Waals surface area contributed by atoms with Crippen molar-refractivity contribution >= 4 is 23.5 Å². The summed E-state index contributed by atoms with van der Waals surface area (Å²) in [6, 6.07) is 9.86. The first-order chi connectivity index (χ1) is 15.0. The van der Waals surface area contributed by atoms with Gasteiger partial charge in [0, 0.05) is 17.7 Å². The van der Waals surface area contributed by atoms with Gasteiger partial charge in [-0.15, -0.1) is 10.2 Å². The standard InChI is InChI=1S/C22H27N5O3S/c1-14-6-4-5-7-18(14)27-21(16-8-10-17(29-3)11-9-16)24-25-22(27)31-13-20(28)23-19-12-15(2)30-26-19/h8-12,14,18H,4-7,13H2,1-3H3,(H,23,26,28)/t14-,18-/m0/s1. The van der Waals surface area contributed by atoms with Crippen LogP contribution in [0.25, 0.3) is 11.4 Å². The molecule has 2 aromatic heterocycles. The summed E-state index contributed by atoms with van der Waals surface area (Å²) in [5.74, 6) is 3.28. The molecule has 4 rings (SSSR count). The summed E-state index contributed by atoms with van der Waals surface area (Å²) in [6.45, 7) is 4.07. The van der Waals surface area contributed by atoms with Crippen molar-refractivity contribution in [3.05, 3.63) is 36.1 Å². The van der Waals surface area contributed by atoms with Crippen LogP contribution in [-0.4, -0.2) is 38.7 Å². The van der Waals surface area contributed by atoms with Crippen LogP contribution in [0.15, 0.2) is 40.0 Å². The van der Waals surface area contributed by atoms with E-state index in [0.29, 0.717) is 23.5 Å². The van der Waals surface area contributed by atoms with Gasteiger partial charge in [0.25, 0.3) is 0 Å². The van der Waals surface area contributed by atoms with E-state index in [1.807, 2.05) is 24.3 Å². The first-order valence-corrected chi connectivity index (χ1v) is 11.5. The van der Waals surface area contributed by atoms with Crippen molar-refractivity contribution in [2.45, 2.75) is 50.7 Å². The van der Waals surface area contributed by atoms with Crippen molar-refractivity contribution in [1.82, 2.24) is 19.9 Å². The van der Waals surface area contributed by atoms with E-state index in [2.05, 4.69) is 32.2 Å². The van der Waals surface area contributed by atoms with Crippen LogP contribution in [-0.2, 0) is 4.79 Å². The Labute approximate surface area is 185 Å². The van der Waals surface area contributed by atoms with Gasteiger partial charge in [0.15, 0.2) is 16.8 Å². The third-order valence-electron chi connectivity index (χ3n) is 5.64. The van der Waals surface area contributed by atoms with E-state index in [1.54, 1.807) is 20.1 Å². The summed E-state index contributed by atoms with van der Waals surface area (Å²) in [7, 11) is 1.65. The molecule has 1 amide bonds. The maximum absolute atomic E-state index is 12.4. The third-order valence-corrected chi connectivity index (χ3v) is 6.58. The number of anilines is 1. The van der Waals surface area contributed by atoms with Crippen LogP contribution in [0.1, 0.15) is 44.4 Å². The summed E-state index contributed by atoms with van der Waals surface area (Å²) < 4.78 is 12.5. The van der Waals surface area contributed by atoms with Gasteiger partial charge in [-0.1, -0.05) is 36.7 Å². The monoisotopic (exact) mass is 441 g/mol. The lowest BCUT2D eigenvalue weighted by molar-refractivity contribution is -0.113. The molecule has 9 heteroatoms. The SMILES string of the molecule is COc1ccc(-c2nnc(SCC(=O)Nc3cc(C)on3)n2[C@H]2CCCC[C@@H]2C)cc1. The summed E-state index contributed by atoms with van der Waals surface area (Å²) in [5, 5.41) is 16.3. The van der Waals surface area contributed by atoms with E-state index in [0.717, 1.165) is 28.7 Å². The van der Waals surface area contributed by atoms with E-state index in [1.165, 1.54) is 31.0 Å². The molecule has 1 N–H and O–H groups in total. The van der Waals surface area contributed by atoms with Crippen LogP contribution < -0.4 is 10.1 Å². The number of thioether (sulfide) groups is 1. The Morgan fingerprint density at radius 2 is 2.03 bits per heavy atom. The molecule has 1 fully saturated rings. The molecule has 0 bridgehead atoms. The van der Waals surface area contributed by atoms with Crippen LogP contribution in [0.2, 0.25) is 0 Å². The number of nitrogens with one attached hydrogen (secondary N) is 1.